The monoisotopic (exact) mass is 383 g/mol. The van der Waals surface area contributed by atoms with Gasteiger partial charge in [0.2, 0.25) is 5.69 Å². The summed E-state index contributed by atoms with van der Waals surface area (Å²) in [5.74, 6) is 0. The summed E-state index contributed by atoms with van der Waals surface area (Å²) >= 11 is 0. The van der Waals surface area contributed by atoms with Gasteiger partial charge in [-0.25, -0.2) is 0 Å². The highest BCUT2D eigenvalue weighted by Crippen LogP contribution is 2.28. The van der Waals surface area contributed by atoms with Gasteiger partial charge in [0, 0.05) is 25.4 Å². The number of rotatable bonds is 3. The highest BCUT2D eigenvalue weighted by molar-refractivity contribution is 7.00. The second kappa shape index (κ2) is 6.99. The Morgan fingerprint density at radius 3 is 2.32 bits per heavy atom. The van der Waals surface area contributed by atoms with E-state index in [1.165, 1.54) is 43.7 Å². The number of benzene rings is 2. The van der Waals surface area contributed by atoms with Gasteiger partial charge in [0.25, 0.3) is 0 Å². The van der Waals surface area contributed by atoms with Crippen molar-refractivity contribution in [2.45, 2.75) is 26.9 Å². The van der Waals surface area contributed by atoms with Crippen LogP contribution in [0.1, 0.15) is 11.3 Å². The molecule has 0 saturated heterocycles. The number of aryl methyl sites for hydroxylation is 2. The Morgan fingerprint density at radius 1 is 0.857 bits per heavy atom. The van der Waals surface area contributed by atoms with Crippen LogP contribution in [0.3, 0.4) is 0 Å². The number of pyridine rings is 2. The second-order valence-corrected chi connectivity index (χ2v) is 12.6. The van der Waals surface area contributed by atoms with Gasteiger partial charge in [0.05, 0.1) is 10.9 Å². The van der Waals surface area contributed by atoms with Crippen LogP contribution in [0.4, 0.5) is 0 Å². The standard InChI is InChI=1S/C25H27N2Si/c1-18-17-26-14-13-23(18)25-24-12-11-22(16-20(24)15-19(2)27(25)3)28(4,5)21-9-7-6-8-10-21/h6-17H,1-5H3/q+1. The minimum atomic E-state index is -1.73. The fraction of sp³-hybridized carbons (Fsp3) is 0.200. The zero-order valence-corrected chi connectivity index (χ0v) is 18.3. The SMILES string of the molecule is Cc1cnccc1-c1c2ccc([Si](C)(C)c3ccccc3)cc2cc(C)[n+]1C. The largest absolute Gasteiger partial charge is 0.264 e. The van der Waals surface area contributed by atoms with Crippen molar-refractivity contribution in [2.75, 3.05) is 0 Å². The first kappa shape index (κ1) is 18.6. The van der Waals surface area contributed by atoms with Crippen molar-refractivity contribution in [2.24, 2.45) is 7.05 Å². The lowest BCUT2D eigenvalue weighted by Crippen LogP contribution is -2.52. The Bertz CT molecular complexity index is 1160. The molecule has 0 aliphatic heterocycles. The molecule has 4 rings (SSSR count). The average molecular weight is 384 g/mol. The Labute approximate surface area is 168 Å². The zero-order chi connectivity index (χ0) is 19.9. The molecule has 0 saturated carbocycles. The Hall–Kier alpha value is -2.78. The van der Waals surface area contributed by atoms with E-state index >= 15 is 0 Å². The molecule has 0 fully saturated rings. The zero-order valence-electron chi connectivity index (χ0n) is 17.3. The van der Waals surface area contributed by atoms with Crippen LogP contribution < -0.4 is 14.9 Å². The van der Waals surface area contributed by atoms with E-state index in [0.29, 0.717) is 0 Å². The van der Waals surface area contributed by atoms with E-state index < -0.39 is 8.07 Å². The quantitative estimate of drug-likeness (QED) is 0.383. The van der Waals surface area contributed by atoms with Crippen LogP contribution in [-0.2, 0) is 7.05 Å². The summed E-state index contributed by atoms with van der Waals surface area (Å²) in [5, 5.41) is 5.55. The average Bonchev–Trinajstić information content (AvgIpc) is 2.70. The predicted octanol–water partition coefficient (Wildman–Crippen LogP) is 4.17. The fourth-order valence-corrected chi connectivity index (χ4v) is 6.43. The molecular formula is C25H27N2Si+. The molecule has 2 aromatic heterocycles. The van der Waals surface area contributed by atoms with Crippen LogP contribution in [0.2, 0.25) is 13.1 Å². The van der Waals surface area contributed by atoms with Crippen molar-refractivity contribution < 1.29 is 4.57 Å². The molecule has 0 unspecified atom stereocenters. The predicted molar refractivity (Wildman–Crippen MR) is 121 cm³/mol. The van der Waals surface area contributed by atoms with Crippen molar-refractivity contribution in [3.63, 3.8) is 0 Å². The highest BCUT2D eigenvalue weighted by atomic mass is 28.3. The van der Waals surface area contributed by atoms with E-state index in [9.17, 15) is 0 Å². The minimum absolute atomic E-state index is 1.20. The highest BCUT2D eigenvalue weighted by Gasteiger charge is 2.27. The van der Waals surface area contributed by atoms with Crippen LogP contribution in [0, 0.1) is 13.8 Å². The molecule has 0 amide bonds. The lowest BCUT2D eigenvalue weighted by molar-refractivity contribution is -0.665. The number of hydrogen-bond acceptors (Lipinski definition) is 1. The smallest absolute Gasteiger partial charge is 0.220 e. The summed E-state index contributed by atoms with van der Waals surface area (Å²) in [7, 11) is 0.425. The molecule has 0 N–H and O–H groups in total. The first-order valence-corrected chi connectivity index (χ1v) is 12.8. The maximum atomic E-state index is 4.28. The van der Waals surface area contributed by atoms with Gasteiger partial charge in [-0.15, -0.1) is 0 Å². The van der Waals surface area contributed by atoms with E-state index in [1.54, 1.807) is 0 Å². The van der Waals surface area contributed by atoms with Gasteiger partial charge < -0.3 is 0 Å². The lowest BCUT2D eigenvalue weighted by atomic mass is 10.0. The molecular weight excluding hydrogens is 356 g/mol. The van der Waals surface area contributed by atoms with Crippen molar-refractivity contribution in [3.8, 4) is 11.3 Å². The van der Waals surface area contributed by atoms with Crippen molar-refractivity contribution in [3.05, 3.63) is 84.3 Å². The molecule has 0 radical (unpaired) electrons. The third kappa shape index (κ3) is 3.06. The van der Waals surface area contributed by atoms with Gasteiger partial charge in [-0.3, -0.25) is 4.98 Å². The van der Waals surface area contributed by atoms with Gasteiger partial charge >= 0.3 is 0 Å². The first-order valence-electron chi connectivity index (χ1n) is 9.80. The molecule has 0 atom stereocenters. The van der Waals surface area contributed by atoms with Gasteiger partial charge in [0.15, 0.2) is 5.69 Å². The minimum Gasteiger partial charge on any atom is -0.264 e. The van der Waals surface area contributed by atoms with Gasteiger partial charge in [-0.05, 0) is 30.0 Å². The summed E-state index contributed by atoms with van der Waals surface area (Å²) in [6, 6.07) is 22.5. The van der Waals surface area contributed by atoms with Crippen LogP contribution in [0.25, 0.3) is 22.0 Å². The third-order valence-corrected chi connectivity index (χ3v) is 9.56. The van der Waals surface area contributed by atoms with E-state index in [4.69, 9.17) is 0 Å². The summed E-state index contributed by atoms with van der Waals surface area (Å²) in [6.45, 7) is 9.20. The Balaban J connectivity index is 1.95. The molecule has 0 spiro atoms. The molecule has 140 valence electrons. The Morgan fingerprint density at radius 2 is 1.61 bits per heavy atom. The summed E-state index contributed by atoms with van der Waals surface area (Å²) < 4.78 is 2.30. The Kier molecular flexibility index (Phi) is 4.64. The van der Waals surface area contributed by atoms with E-state index in [-0.39, 0.29) is 0 Å². The normalized spacial score (nSPS) is 11.8. The van der Waals surface area contributed by atoms with Gasteiger partial charge in [0.1, 0.15) is 15.1 Å². The van der Waals surface area contributed by atoms with Crippen LogP contribution in [-0.4, -0.2) is 13.1 Å². The van der Waals surface area contributed by atoms with E-state index in [1.807, 2.05) is 12.4 Å². The number of aromatic nitrogens is 2. The molecule has 0 bridgehead atoms. The van der Waals surface area contributed by atoms with Crippen molar-refractivity contribution in [1.82, 2.24) is 4.98 Å². The first-order chi connectivity index (χ1) is 13.4. The second-order valence-electron chi connectivity index (χ2n) is 8.18. The van der Waals surface area contributed by atoms with Crippen LogP contribution in [0.15, 0.2) is 73.1 Å². The van der Waals surface area contributed by atoms with Crippen molar-refractivity contribution in [1.29, 1.82) is 0 Å². The maximum absolute atomic E-state index is 4.28. The molecule has 0 aliphatic rings. The maximum Gasteiger partial charge on any atom is 0.220 e. The van der Waals surface area contributed by atoms with Gasteiger partial charge in [-0.2, -0.15) is 4.57 Å². The summed E-state index contributed by atoms with van der Waals surface area (Å²) in [4.78, 5) is 4.28. The summed E-state index contributed by atoms with van der Waals surface area (Å²) in [6.07, 6.45) is 3.83. The number of nitrogens with zero attached hydrogens (tertiary/aromatic N) is 2. The van der Waals surface area contributed by atoms with Crippen LogP contribution in [0.5, 0.6) is 0 Å². The van der Waals surface area contributed by atoms with Crippen molar-refractivity contribution >= 4 is 29.2 Å². The molecule has 28 heavy (non-hydrogen) atoms. The molecule has 4 aromatic rings. The third-order valence-electron chi connectivity index (χ3n) is 6.03. The lowest BCUT2D eigenvalue weighted by Gasteiger charge is -2.24. The molecule has 0 aliphatic carbocycles. The number of hydrogen-bond donors (Lipinski definition) is 0. The number of fused-ring (bicyclic) bond motifs is 1. The molecule has 3 heteroatoms. The van der Waals surface area contributed by atoms with E-state index in [2.05, 4.69) is 104 Å². The fourth-order valence-electron chi connectivity index (χ4n) is 4.05. The summed E-state index contributed by atoms with van der Waals surface area (Å²) in [5.41, 5.74) is 4.97. The molecule has 2 heterocycles. The topological polar surface area (TPSA) is 16.8 Å². The molecule has 2 nitrogen and oxygen atoms in total. The van der Waals surface area contributed by atoms with Gasteiger partial charge in [-0.1, -0.05) is 65.9 Å². The molecule has 2 aromatic carbocycles. The van der Waals surface area contributed by atoms with Crippen LogP contribution >= 0.6 is 0 Å². The van der Waals surface area contributed by atoms with E-state index in [0.717, 1.165) is 0 Å².